The van der Waals surface area contributed by atoms with Crippen LogP contribution in [0.1, 0.15) is 58.2 Å². The Kier molecular flexibility index (Phi) is 15.1. The second-order valence-corrected chi connectivity index (χ2v) is 30.7. The summed E-state index contributed by atoms with van der Waals surface area (Å²) in [4.78, 5) is 9.10. The maximum Gasteiger partial charge on any atom is 0.252 e. The Balaban J connectivity index is 0.989. The van der Waals surface area contributed by atoms with Crippen molar-refractivity contribution in [1.82, 2.24) is 9.13 Å². The molecule has 0 N–H and O–H groups in total. The molecule has 0 atom stereocenters. The Morgan fingerprint density at radius 2 is 0.720 bits per heavy atom. The lowest BCUT2D eigenvalue weighted by atomic mass is 9.33. The molecule has 0 saturated carbocycles. The van der Waals surface area contributed by atoms with Gasteiger partial charge in [0.15, 0.2) is 5.69 Å². The van der Waals surface area contributed by atoms with E-state index in [0.717, 1.165) is 134 Å². The first-order chi connectivity index (χ1) is 52.2. The first-order valence-electron chi connectivity index (χ1n) is 36.9. The summed E-state index contributed by atoms with van der Waals surface area (Å²) in [5, 5.41) is 15.0. The quantitative estimate of drug-likeness (QED) is 0.101. The zero-order valence-electron chi connectivity index (χ0n) is 60.5. The van der Waals surface area contributed by atoms with Crippen LogP contribution in [0.5, 0.6) is 0 Å². The predicted molar refractivity (Wildman–Crippen MR) is 450 cm³/mol. The standard InChI is InChI=1S/C100H73BN6/c1-99(2,3)74-30-22-28-70(54-74)83-56-69(66-44-47-76(103-7)48-45-66)46-53-92(83)106-93-61-77(104-88-36-18-14-32-79(88)80-33-15-19-37-89(80)104)49-51-86(93)101-87-52-50-78(105-90-38-20-16-34-81(90)82-35-17-21-39-91(82)105)62-94(87)107(96-60-73(59-95(106)97(96)101)65-24-10-8-11-25-65)98-84(68-26-12-9-13-27-68)57-72(67-42-40-64(63-102)41-43-67)58-85(98)71-29-23-31-75(55-71)100(4,5)6/h8-62H,1-6H3. The van der Waals surface area contributed by atoms with E-state index in [1.807, 2.05) is 24.3 Å². The predicted octanol–water partition coefficient (Wildman–Crippen LogP) is 25.0. The molecule has 2 aliphatic rings. The van der Waals surface area contributed by atoms with Crippen LogP contribution in [-0.4, -0.2) is 15.8 Å². The first kappa shape index (κ1) is 64.4. The van der Waals surface area contributed by atoms with Gasteiger partial charge in [-0.15, -0.1) is 0 Å². The Labute approximate surface area is 625 Å². The monoisotopic (exact) mass is 1370 g/mol. The molecule has 19 rings (SSSR count). The molecule has 0 radical (unpaired) electrons. The Hall–Kier alpha value is -13.5. The number of fused-ring (bicyclic) bond motifs is 10. The third-order valence-electron chi connectivity index (χ3n) is 22.2. The van der Waals surface area contributed by atoms with Crippen LogP contribution in [0.2, 0.25) is 0 Å². The topological polar surface area (TPSA) is 44.5 Å². The molecule has 6 nitrogen and oxygen atoms in total. The van der Waals surface area contributed by atoms with Crippen LogP contribution < -0.4 is 26.2 Å². The Bertz CT molecular complexity index is 6440. The molecule has 4 heterocycles. The molecule has 0 aliphatic carbocycles. The summed E-state index contributed by atoms with van der Waals surface area (Å²) in [6, 6.07) is 126. The van der Waals surface area contributed by atoms with Crippen LogP contribution in [0.25, 0.3) is 127 Å². The fraction of sp³-hybridized carbons (Fsp3) is 0.0800. The average Bonchev–Trinajstić information content (AvgIpc) is 0.773. The number of aromatic nitrogens is 2. The van der Waals surface area contributed by atoms with Crippen molar-refractivity contribution in [2.24, 2.45) is 0 Å². The van der Waals surface area contributed by atoms with Crippen LogP contribution in [0.4, 0.5) is 39.8 Å². The highest BCUT2D eigenvalue weighted by Gasteiger charge is 2.46. The molecule has 7 heteroatoms. The van der Waals surface area contributed by atoms with Gasteiger partial charge in [-0.25, -0.2) is 4.85 Å². The second kappa shape index (κ2) is 25.2. The molecular formula is C100H73BN6. The zero-order chi connectivity index (χ0) is 72.4. The van der Waals surface area contributed by atoms with E-state index in [1.165, 1.54) is 49.1 Å². The fourth-order valence-electron chi connectivity index (χ4n) is 17.0. The van der Waals surface area contributed by atoms with Gasteiger partial charge in [-0.2, -0.15) is 5.26 Å². The number of anilines is 6. The number of rotatable bonds is 10. The van der Waals surface area contributed by atoms with Gasteiger partial charge >= 0.3 is 0 Å². The van der Waals surface area contributed by atoms with Crippen LogP contribution in [-0.2, 0) is 10.8 Å². The summed E-state index contributed by atoms with van der Waals surface area (Å²) >= 11 is 0. The minimum Gasteiger partial charge on any atom is -0.311 e. The van der Waals surface area contributed by atoms with Crippen molar-refractivity contribution in [3.8, 4) is 84.2 Å². The smallest absolute Gasteiger partial charge is 0.252 e. The summed E-state index contributed by atoms with van der Waals surface area (Å²) in [5.41, 5.74) is 32.6. The van der Waals surface area contributed by atoms with E-state index >= 15 is 0 Å². The molecule has 0 unspecified atom stereocenters. The van der Waals surface area contributed by atoms with Crippen molar-refractivity contribution in [3.05, 3.63) is 362 Å². The van der Waals surface area contributed by atoms with Crippen LogP contribution >= 0.6 is 0 Å². The lowest BCUT2D eigenvalue weighted by Gasteiger charge is -2.46. The van der Waals surface area contributed by atoms with Gasteiger partial charge in [0.2, 0.25) is 0 Å². The van der Waals surface area contributed by atoms with E-state index < -0.39 is 0 Å². The lowest BCUT2D eigenvalue weighted by Crippen LogP contribution is -2.61. The Morgan fingerprint density at radius 3 is 1.22 bits per heavy atom. The molecule has 0 fully saturated rings. The lowest BCUT2D eigenvalue weighted by molar-refractivity contribution is 0.590. The van der Waals surface area contributed by atoms with Gasteiger partial charge in [0.25, 0.3) is 6.71 Å². The van der Waals surface area contributed by atoms with Crippen molar-refractivity contribution < 1.29 is 0 Å². The van der Waals surface area contributed by atoms with Crippen molar-refractivity contribution in [1.29, 1.82) is 5.26 Å². The van der Waals surface area contributed by atoms with E-state index in [9.17, 15) is 5.26 Å². The molecule has 0 saturated heterocycles. The number of nitrogens with zero attached hydrogens (tertiary/aromatic N) is 6. The zero-order valence-corrected chi connectivity index (χ0v) is 60.5. The fourth-order valence-corrected chi connectivity index (χ4v) is 17.0. The number of nitriles is 1. The molecule has 0 bridgehead atoms. The van der Waals surface area contributed by atoms with Crippen molar-refractivity contribution in [3.63, 3.8) is 0 Å². The summed E-state index contributed by atoms with van der Waals surface area (Å²) in [6.45, 7) is 21.4. The highest BCUT2D eigenvalue weighted by atomic mass is 15.2. The van der Waals surface area contributed by atoms with Crippen molar-refractivity contribution in [2.45, 2.75) is 52.4 Å². The molecule has 15 aromatic carbocycles. The minimum absolute atomic E-state index is 0.154. The normalized spacial score (nSPS) is 12.5. The average molecular weight is 1370 g/mol. The molecule has 0 spiro atoms. The van der Waals surface area contributed by atoms with Gasteiger partial charge in [0.05, 0.1) is 51.6 Å². The third-order valence-corrected chi connectivity index (χ3v) is 22.2. The van der Waals surface area contributed by atoms with E-state index in [2.05, 4.69) is 381 Å². The maximum absolute atomic E-state index is 10.2. The largest absolute Gasteiger partial charge is 0.311 e. The molecule has 2 aromatic heterocycles. The maximum atomic E-state index is 10.2. The molecular weight excluding hydrogens is 1300 g/mol. The Morgan fingerprint density at radius 1 is 0.318 bits per heavy atom. The summed E-state index contributed by atoms with van der Waals surface area (Å²) < 4.78 is 4.93. The van der Waals surface area contributed by atoms with Crippen molar-refractivity contribution in [2.75, 3.05) is 9.80 Å². The van der Waals surface area contributed by atoms with Gasteiger partial charge in [0.1, 0.15) is 0 Å². The highest BCUT2D eigenvalue weighted by Crippen LogP contribution is 2.55. The van der Waals surface area contributed by atoms with Crippen LogP contribution in [0.3, 0.4) is 0 Å². The number of hydrogen-bond acceptors (Lipinski definition) is 3. The second-order valence-electron chi connectivity index (χ2n) is 30.7. The van der Waals surface area contributed by atoms with E-state index in [4.69, 9.17) is 6.57 Å². The number of para-hydroxylation sites is 4. The van der Waals surface area contributed by atoms with Gasteiger partial charge < -0.3 is 18.9 Å². The minimum atomic E-state index is -0.305. The SMILES string of the molecule is [C-]#[N+]c1ccc(-c2ccc(N3c4cc(-n5c6ccccc6c6ccccc65)ccc4B4c5ccc(-n6c7ccccc7c7ccccc76)cc5N(c5c(-c6ccccc6)cc(-c6ccc(C#N)cc6)cc5-c5cccc(C(C)(C)C)c5)c5cc(-c6ccccc6)cc3c54)c(-c3cccc(C(C)(C)C)c3)c2)cc1. The molecule has 2 aliphatic heterocycles. The van der Waals surface area contributed by atoms with Crippen LogP contribution in [0, 0.1) is 17.9 Å². The van der Waals surface area contributed by atoms with Gasteiger partial charge in [-0.1, -0.05) is 278 Å². The van der Waals surface area contributed by atoms with Gasteiger partial charge in [-0.3, -0.25) is 0 Å². The van der Waals surface area contributed by atoms with Crippen molar-refractivity contribution >= 4 is 107 Å². The van der Waals surface area contributed by atoms with E-state index in [-0.39, 0.29) is 17.5 Å². The third kappa shape index (κ3) is 10.8. The highest BCUT2D eigenvalue weighted by molar-refractivity contribution is 7.00. The van der Waals surface area contributed by atoms with Gasteiger partial charge in [0, 0.05) is 72.4 Å². The van der Waals surface area contributed by atoms with E-state index in [0.29, 0.717) is 11.3 Å². The molecule has 0 amide bonds. The number of benzene rings is 15. The van der Waals surface area contributed by atoms with E-state index in [1.54, 1.807) is 0 Å². The summed E-state index contributed by atoms with van der Waals surface area (Å²) in [5.74, 6) is 0. The molecule has 17 aromatic rings. The first-order valence-corrected chi connectivity index (χ1v) is 36.9. The summed E-state index contributed by atoms with van der Waals surface area (Å²) in [7, 11) is 0. The molecule has 107 heavy (non-hydrogen) atoms. The van der Waals surface area contributed by atoms with Gasteiger partial charge in [-0.05, 0) is 185 Å². The van der Waals surface area contributed by atoms with Crippen LogP contribution in [0.15, 0.2) is 334 Å². The molecule has 506 valence electrons. The summed E-state index contributed by atoms with van der Waals surface area (Å²) in [6.07, 6.45) is 0. The number of hydrogen-bond donors (Lipinski definition) is 0.